The summed E-state index contributed by atoms with van der Waals surface area (Å²) in [5.74, 6) is 0. The molecule has 7 fully saturated rings. The van der Waals surface area contributed by atoms with Gasteiger partial charge in [0.05, 0.1) is 50.8 Å². The molecule has 7 aliphatic heterocycles. The Hall–Kier alpha value is -1.28. The second kappa shape index (κ2) is 25.4. The zero-order valence-corrected chi connectivity index (χ0v) is 40.0. The van der Waals surface area contributed by atoms with Gasteiger partial charge in [-0.15, -0.1) is 0 Å². The highest BCUT2D eigenvalue weighted by atomic mass is 16.8. The fraction of sp³-hybridized carbons (Fsp3) is 1.00. The van der Waals surface area contributed by atoms with Gasteiger partial charge in [-0.3, -0.25) is 0 Å². The van der Waals surface area contributed by atoms with E-state index in [1.165, 1.54) is 20.8 Å². The molecule has 32 heteroatoms. The molecule has 7 aliphatic rings. The van der Waals surface area contributed by atoms with Crippen LogP contribution in [-0.4, -0.2) is 332 Å². The first-order chi connectivity index (χ1) is 35.0. The number of rotatable bonds is 16. The molecule has 0 aromatic rings. The molecule has 0 radical (unpaired) electrons. The lowest BCUT2D eigenvalue weighted by Crippen LogP contribution is -2.68. The van der Waals surface area contributed by atoms with Crippen molar-refractivity contribution in [2.45, 2.75) is 236 Å². The molecule has 7 saturated heterocycles. The molecule has 0 saturated carbocycles. The van der Waals surface area contributed by atoms with Crippen LogP contribution in [0.3, 0.4) is 0 Å². The largest absolute Gasteiger partial charge is 0.394 e. The van der Waals surface area contributed by atoms with Crippen molar-refractivity contribution < 1.29 is 159 Å². The lowest BCUT2D eigenvalue weighted by molar-refractivity contribution is -0.410. The summed E-state index contributed by atoms with van der Waals surface area (Å²) < 4.78 is 75.2. The van der Waals surface area contributed by atoms with Gasteiger partial charge in [-0.25, -0.2) is 0 Å². The van der Waals surface area contributed by atoms with Crippen LogP contribution in [0.15, 0.2) is 0 Å². The molecule has 74 heavy (non-hydrogen) atoms. The Bertz CT molecular complexity index is 1730. The van der Waals surface area contributed by atoms with Crippen LogP contribution in [0.2, 0.25) is 0 Å². The van der Waals surface area contributed by atoms with Crippen molar-refractivity contribution in [3.63, 3.8) is 0 Å². The standard InChI is InChI=1S/C42H72O32/c1-9-12(47)4-13(48)37(63-9)72-33-21(52)17(8-46)68-42(70-30-10(2)62-36(61)26(57)24(30)55)35(33)74-40-29(60)32(20(51)16(7-45)66-40)71-38-28(59)25(56)31(11(3)64-38)69-41-34(23(54)19(50)15(6-44)67-41)73-39-27(58)22(53)18(49)14(5-43)65-39/h9-61H,4-8H2,1-3H3/t9-,10+,11+,12-,13-,14-,15-,16-,17-,18+,19-,20+,21-,22+,23+,24+,25+,26-,27-,28-,29-,30+,31+,32+,33+,34+,35+,36-,37-,38+,39-,40-,41-,42-/m1/s1. The molecule has 0 aliphatic carbocycles. The zero-order chi connectivity index (χ0) is 54.4. The lowest BCUT2D eigenvalue weighted by Gasteiger charge is -2.51. The van der Waals surface area contributed by atoms with Crippen LogP contribution in [0.5, 0.6) is 0 Å². The molecular weight excluding hydrogens is 1020 g/mol. The predicted octanol–water partition coefficient (Wildman–Crippen LogP) is -12.2. The van der Waals surface area contributed by atoms with Crippen molar-refractivity contribution in [2.24, 2.45) is 0 Å². The summed E-state index contributed by atoms with van der Waals surface area (Å²) >= 11 is 0. The highest BCUT2D eigenvalue weighted by Gasteiger charge is 2.58. The first-order valence-corrected chi connectivity index (χ1v) is 24.1. The Morgan fingerprint density at radius 1 is 0.284 bits per heavy atom. The van der Waals surface area contributed by atoms with Crippen LogP contribution < -0.4 is 0 Å². The summed E-state index contributed by atoms with van der Waals surface area (Å²) in [6.45, 7) is 0.364. The Morgan fingerprint density at radius 3 is 1.22 bits per heavy atom. The lowest BCUT2D eigenvalue weighted by atomic mass is 9.95. The van der Waals surface area contributed by atoms with Gasteiger partial charge in [0, 0.05) is 6.42 Å². The maximum atomic E-state index is 11.9. The van der Waals surface area contributed by atoms with Crippen LogP contribution in [0.4, 0.5) is 0 Å². The van der Waals surface area contributed by atoms with E-state index < -0.39 is 235 Å². The molecule has 7 rings (SSSR count). The van der Waals surface area contributed by atoms with Crippen molar-refractivity contribution in [3.8, 4) is 0 Å². The van der Waals surface area contributed by atoms with E-state index in [1.54, 1.807) is 0 Å². The van der Waals surface area contributed by atoms with E-state index in [-0.39, 0.29) is 6.42 Å². The molecule has 34 atom stereocenters. The summed E-state index contributed by atoms with van der Waals surface area (Å²) in [7, 11) is 0. The second-order valence-corrected chi connectivity index (χ2v) is 19.4. The van der Waals surface area contributed by atoms with E-state index in [0.717, 1.165) is 0 Å². The molecule has 0 aromatic carbocycles. The summed E-state index contributed by atoms with van der Waals surface area (Å²) in [5.41, 5.74) is 0. The van der Waals surface area contributed by atoms with Gasteiger partial charge in [0.25, 0.3) is 0 Å². The van der Waals surface area contributed by atoms with Crippen LogP contribution in [0.1, 0.15) is 27.2 Å². The van der Waals surface area contributed by atoms with Gasteiger partial charge < -0.3 is 159 Å². The van der Waals surface area contributed by atoms with Gasteiger partial charge in [0.2, 0.25) is 0 Å². The minimum Gasteiger partial charge on any atom is -0.394 e. The van der Waals surface area contributed by atoms with Crippen molar-refractivity contribution >= 4 is 0 Å². The van der Waals surface area contributed by atoms with E-state index in [2.05, 4.69) is 0 Å². The van der Waals surface area contributed by atoms with Crippen LogP contribution >= 0.6 is 0 Å². The molecule has 7 heterocycles. The molecule has 0 aromatic heterocycles. The molecule has 19 N–H and O–H groups in total. The van der Waals surface area contributed by atoms with Crippen molar-refractivity contribution in [1.29, 1.82) is 0 Å². The fourth-order valence-corrected chi connectivity index (χ4v) is 9.78. The molecule has 0 amide bonds. The predicted molar refractivity (Wildman–Crippen MR) is 226 cm³/mol. The monoisotopic (exact) mass is 1090 g/mol. The Morgan fingerprint density at radius 2 is 0.649 bits per heavy atom. The SMILES string of the molecule is C[C@@H]1O[C@@H](O)[C@H](O)[C@H](O)[C@H]1O[C@H]1O[C@H](CO)[C@@H](O)[C@H](O[C@H]2O[C@H](C)[C@H](O)C[C@H]2O)[C@@H]1O[C@H]1O[C@H](CO)[C@H](O)[C@H](O[C@@H]2O[C@@H](C)[C@H](O[C@H]3O[C@H](CO)[C@@H](O)[C@H](O)[C@@H]3O[C@H]3O[C@H](CO)[C@H](O)[C@H](O)[C@H]3O)[C@@H](O)[C@H]2O)[C@H]1O. The van der Waals surface area contributed by atoms with E-state index in [4.69, 9.17) is 61.6 Å². The third-order valence-electron chi connectivity index (χ3n) is 14.3. The first-order valence-electron chi connectivity index (χ1n) is 24.1. The van der Waals surface area contributed by atoms with Gasteiger partial charge in [0.1, 0.15) is 140 Å². The Labute approximate surface area is 420 Å². The Kier molecular flexibility index (Phi) is 20.8. The maximum Gasteiger partial charge on any atom is 0.187 e. The van der Waals surface area contributed by atoms with Gasteiger partial charge >= 0.3 is 0 Å². The quantitative estimate of drug-likeness (QED) is 0.0682. The summed E-state index contributed by atoms with van der Waals surface area (Å²) in [6, 6.07) is 0. The average Bonchev–Trinajstić information content (AvgIpc) is 3.36. The van der Waals surface area contributed by atoms with Gasteiger partial charge in [-0.1, -0.05) is 0 Å². The number of ether oxygens (including phenoxy) is 13. The molecule has 32 nitrogen and oxygen atoms in total. The highest BCUT2D eigenvalue weighted by molar-refractivity contribution is 5.00. The fourth-order valence-electron chi connectivity index (χ4n) is 9.78. The molecule has 432 valence electrons. The molecular formula is C42H72O32. The number of hydrogen-bond donors (Lipinski definition) is 19. The summed E-state index contributed by atoms with van der Waals surface area (Å²) in [6.07, 6.45) is -61.1. The van der Waals surface area contributed by atoms with Crippen molar-refractivity contribution in [2.75, 3.05) is 26.4 Å². The minimum absolute atomic E-state index is 0.273. The van der Waals surface area contributed by atoms with E-state index in [0.29, 0.717) is 0 Å². The minimum atomic E-state index is -2.22. The van der Waals surface area contributed by atoms with E-state index in [1.807, 2.05) is 0 Å². The van der Waals surface area contributed by atoms with Gasteiger partial charge in [0.15, 0.2) is 44.0 Å². The van der Waals surface area contributed by atoms with Crippen LogP contribution in [0, 0.1) is 0 Å². The van der Waals surface area contributed by atoms with Crippen LogP contribution in [-0.2, 0) is 61.6 Å². The first kappa shape index (κ1) is 60.4. The number of aliphatic hydroxyl groups is 19. The number of aliphatic hydroxyl groups excluding tert-OH is 19. The summed E-state index contributed by atoms with van der Waals surface area (Å²) in [5, 5.41) is 204. The second-order valence-electron chi connectivity index (χ2n) is 19.4. The topological polar surface area (TPSA) is 504 Å². The zero-order valence-electron chi connectivity index (χ0n) is 40.0. The Balaban J connectivity index is 1.11. The van der Waals surface area contributed by atoms with Crippen molar-refractivity contribution in [3.05, 3.63) is 0 Å². The van der Waals surface area contributed by atoms with Gasteiger partial charge in [-0.05, 0) is 20.8 Å². The number of hydrogen-bond acceptors (Lipinski definition) is 32. The van der Waals surface area contributed by atoms with Crippen molar-refractivity contribution in [1.82, 2.24) is 0 Å². The summed E-state index contributed by atoms with van der Waals surface area (Å²) in [4.78, 5) is 0. The molecule has 0 spiro atoms. The average molecular weight is 1090 g/mol. The van der Waals surface area contributed by atoms with E-state index in [9.17, 15) is 97.0 Å². The highest BCUT2D eigenvalue weighted by Crippen LogP contribution is 2.38. The molecule has 0 bridgehead atoms. The molecule has 0 unspecified atom stereocenters. The van der Waals surface area contributed by atoms with Crippen LogP contribution in [0.25, 0.3) is 0 Å². The van der Waals surface area contributed by atoms with E-state index >= 15 is 0 Å². The third-order valence-corrected chi connectivity index (χ3v) is 14.3. The third kappa shape index (κ3) is 12.4. The normalized spacial score (nSPS) is 54.7. The van der Waals surface area contributed by atoms with Gasteiger partial charge in [-0.2, -0.15) is 0 Å². The smallest absolute Gasteiger partial charge is 0.187 e. The maximum absolute atomic E-state index is 11.9.